The van der Waals surface area contributed by atoms with Crippen molar-refractivity contribution in [3.63, 3.8) is 0 Å². The van der Waals surface area contributed by atoms with Gasteiger partial charge < -0.3 is 9.47 Å². The van der Waals surface area contributed by atoms with Gasteiger partial charge in [0.1, 0.15) is 6.29 Å². The van der Waals surface area contributed by atoms with Crippen LogP contribution >= 0.6 is 0 Å². The van der Waals surface area contributed by atoms with Crippen LogP contribution in [0.1, 0.15) is 38.1 Å². The summed E-state index contributed by atoms with van der Waals surface area (Å²) >= 11 is 0. The topological polar surface area (TPSA) is 35.5 Å². The lowest BCUT2D eigenvalue weighted by Gasteiger charge is -2.04. The Labute approximate surface area is 99.3 Å². The number of carbonyl (C=O) groups excluding carboxylic acids is 1. The fraction of sp³-hybridized carbons (Fsp3) is 0.417. The fourth-order valence-electron chi connectivity index (χ4n) is 1.04. The van der Waals surface area contributed by atoms with E-state index in [1.165, 1.54) is 18.2 Å². The zero-order valence-corrected chi connectivity index (χ0v) is 10.3. The Morgan fingerprint density at radius 3 is 2.12 bits per heavy atom. The highest BCUT2D eigenvalue weighted by Crippen LogP contribution is 2.40. The van der Waals surface area contributed by atoms with Crippen LogP contribution in [0, 0.1) is 0 Å². The van der Waals surface area contributed by atoms with Crippen molar-refractivity contribution in [1.29, 1.82) is 0 Å². The van der Waals surface area contributed by atoms with Crippen molar-refractivity contribution in [3.8, 4) is 11.5 Å². The Balaban J connectivity index is 0.000000581. The second kappa shape index (κ2) is 6.83. The maximum atomic E-state index is 12.4. The molecule has 0 bridgehead atoms. The molecule has 96 valence electrons. The highest BCUT2D eigenvalue weighted by Gasteiger charge is 2.43. The van der Waals surface area contributed by atoms with Crippen molar-refractivity contribution < 1.29 is 23.0 Å². The van der Waals surface area contributed by atoms with E-state index < -0.39 is 6.29 Å². The number of rotatable bonds is 1. The van der Waals surface area contributed by atoms with E-state index in [2.05, 4.69) is 9.47 Å². The zero-order valence-electron chi connectivity index (χ0n) is 10.3. The van der Waals surface area contributed by atoms with Crippen molar-refractivity contribution in [3.05, 3.63) is 23.8 Å². The molecule has 1 aromatic carbocycles. The predicted molar refractivity (Wildman–Crippen MR) is 60.7 cm³/mol. The van der Waals surface area contributed by atoms with E-state index in [-0.39, 0.29) is 17.1 Å². The van der Waals surface area contributed by atoms with Crippen LogP contribution in [-0.4, -0.2) is 12.6 Å². The van der Waals surface area contributed by atoms with Crippen molar-refractivity contribution in [2.75, 3.05) is 0 Å². The number of carbonyl (C=O) groups is 1. The molecule has 0 aromatic heterocycles. The van der Waals surface area contributed by atoms with Gasteiger partial charge in [-0.15, -0.1) is 8.78 Å². The molecular weight excluding hydrogens is 230 g/mol. The summed E-state index contributed by atoms with van der Waals surface area (Å²) in [6, 6.07) is 3.83. The first kappa shape index (κ1) is 15.3. The number of aldehydes is 1. The van der Waals surface area contributed by atoms with Gasteiger partial charge in [0.05, 0.1) is 0 Å². The third-order valence-electron chi connectivity index (χ3n) is 1.56. The Hall–Kier alpha value is -1.65. The Bertz CT molecular complexity index is 365. The van der Waals surface area contributed by atoms with Gasteiger partial charge in [-0.2, -0.15) is 0 Å². The van der Waals surface area contributed by atoms with Gasteiger partial charge in [0.25, 0.3) is 0 Å². The van der Waals surface area contributed by atoms with E-state index in [4.69, 9.17) is 0 Å². The minimum Gasteiger partial charge on any atom is -0.395 e. The molecule has 1 aliphatic rings. The molecule has 0 amide bonds. The van der Waals surface area contributed by atoms with Crippen LogP contribution in [0.3, 0.4) is 0 Å². The first-order chi connectivity index (χ1) is 8.11. The standard InChI is InChI=1S/C8H4F2O3.2C2H6/c9-8(10)12-6-2-1-5(4-11)3-7(6)13-8;2*1-2/h1-4H;2*1-2H3. The highest BCUT2D eigenvalue weighted by atomic mass is 19.3. The molecule has 0 radical (unpaired) electrons. The van der Waals surface area contributed by atoms with E-state index in [0.717, 1.165) is 0 Å². The SMILES string of the molecule is CC.CC.O=Cc1ccc2c(c1)OC(F)(F)O2. The highest BCUT2D eigenvalue weighted by molar-refractivity contribution is 5.76. The lowest BCUT2D eigenvalue weighted by atomic mass is 10.2. The smallest absolute Gasteiger partial charge is 0.395 e. The normalized spacial score (nSPS) is 13.8. The summed E-state index contributed by atoms with van der Waals surface area (Å²) in [7, 11) is 0. The number of halogens is 2. The average molecular weight is 246 g/mol. The van der Waals surface area contributed by atoms with Crippen LogP contribution in [0.4, 0.5) is 8.78 Å². The molecule has 0 aliphatic carbocycles. The second-order valence-corrected chi connectivity index (χ2v) is 2.49. The molecule has 0 unspecified atom stereocenters. The first-order valence-electron chi connectivity index (χ1n) is 5.46. The van der Waals surface area contributed by atoms with Crippen molar-refractivity contribution in [2.45, 2.75) is 34.0 Å². The van der Waals surface area contributed by atoms with Gasteiger partial charge >= 0.3 is 6.29 Å². The summed E-state index contributed by atoms with van der Waals surface area (Å²) < 4.78 is 33.1. The Morgan fingerprint density at radius 1 is 1.06 bits per heavy atom. The maximum absolute atomic E-state index is 12.4. The largest absolute Gasteiger partial charge is 0.586 e. The second-order valence-electron chi connectivity index (χ2n) is 2.49. The first-order valence-corrected chi connectivity index (χ1v) is 5.46. The lowest BCUT2D eigenvalue weighted by molar-refractivity contribution is -0.286. The molecule has 0 atom stereocenters. The van der Waals surface area contributed by atoms with Crippen molar-refractivity contribution in [2.24, 2.45) is 0 Å². The van der Waals surface area contributed by atoms with Crippen LogP contribution < -0.4 is 9.47 Å². The number of fused-ring (bicyclic) bond motifs is 1. The van der Waals surface area contributed by atoms with Gasteiger partial charge in [-0.1, -0.05) is 27.7 Å². The zero-order chi connectivity index (χ0) is 13.5. The molecule has 3 nitrogen and oxygen atoms in total. The quantitative estimate of drug-likeness (QED) is 0.705. The Kier molecular flexibility index (Phi) is 6.17. The lowest BCUT2D eigenvalue weighted by Crippen LogP contribution is -2.25. The molecule has 0 N–H and O–H groups in total. The minimum atomic E-state index is -3.62. The molecule has 0 saturated carbocycles. The van der Waals surface area contributed by atoms with Gasteiger partial charge in [-0.25, -0.2) is 0 Å². The summed E-state index contributed by atoms with van der Waals surface area (Å²) in [5, 5.41) is 0. The number of benzene rings is 1. The molecule has 1 aliphatic heterocycles. The summed E-state index contributed by atoms with van der Waals surface area (Å²) in [5.74, 6) is -0.176. The van der Waals surface area contributed by atoms with Gasteiger partial charge in [0, 0.05) is 5.56 Å². The van der Waals surface area contributed by atoms with E-state index in [0.29, 0.717) is 6.29 Å². The minimum absolute atomic E-state index is 0.0596. The number of hydrogen-bond donors (Lipinski definition) is 0. The summed E-state index contributed by atoms with van der Waals surface area (Å²) in [6.07, 6.45) is -3.08. The molecule has 2 rings (SSSR count). The van der Waals surface area contributed by atoms with Crippen LogP contribution in [0.25, 0.3) is 0 Å². The van der Waals surface area contributed by atoms with E-state index >= 15 is 0 Å². The van der Waals surface area contributed by atoms with Crippen molar-refractivity contribution in [1.82, 2.24) is 0 Å². The van der Waals surface area contributed by atoms with Gasteiger partial charge in [0.15, 0.2) is 11.5 Å². The number of ether oxygens (including phenoxy) is 2. The average Bonchev–Trinajstić information content (AvgIpc) is 2.66. The van der Waals surface area contributed by atoms with E-state index in [1.807, 2.05) is 27.7 Å². The van der Waals surface area contributed by atoms with Crippen molar-refractivity contribution >= 4 is 6.29 Å². The van der Waals surface area contributed by atoms with Crippen LogP contribution in [0.15, 0.2) is 18.2 Å². The predicted octanol–water partition coefficient (Wildman–Crippen LogP) is 3.87. The van der Waals surface area contributed by atoms with Gasteiger partial charge in [-0.3, -0.25) is 4.79 Å². The Morgan fingerprint density at radius 2 is 1.59 bits per heavy atom. The molecule has 1 heterocycles. The van der Waals surface area contributed by atoms with Gasteiger partial charge in [-0.05, 0) is 18.2 Å². The fourth-order valence-corrected chi connectivity index (χ4v) is 1.04. The number of alkyl halides is 2. The van der Waals surface area contributed by atoms with E-state index in [9.17, 15) is 13.6 Å². The molecule has 0 saturated heterocycles. The van der Waals surface area contributed by atoms with Crippen LogP contribution in [-0.2, 0) is 0 Å². The maximum Gasteiger partial charge on any atom is 0.586 e. The van der Waals surface area contributed by atoms with Crippen LogP contribution in [0.2, 0.25) is 0 Å². The molecule has 17 heavy (non-hydrogen) atoms. The van der Waals surface area contributed by atoms with Gasteiger partial charge in [0.2, 0.25) is 0 Å². The molecular formula is C12H16F2O3. The molecule has 5 heteroatoms. The summed E-state index contributed by atoms with van der Waals surface area (Å²) in [5.41, 5.74) is 0.264. The monoisotopic (exact) mass is 246 g/mol. The van der Waals surface area contributed by atoms with Crippen LogP contribution in [0.5, 0.6) is 11.5 Å². The third kappa shape index (κ3) is 4.01. The number of hydrogen-bond acceptors (Lipinski definition) is 3. The third-order valence-corrected chi connectivity index (χ3v) is 1.56. The summed E-state index contributed by atoms with van der Waals surface area (Å²) in [6.45, 7) is 8.00. The molecule has 0 spiro atoms. The summed E-state index contributed by atoms with van der Waals surface area (Å²) in [4.78, 5) is 10.3. The molecule has 0 fully saturated rings. The van der Waals surface area contributed by atoms with E-state index in [1.54, 1.807) is 0 Å². The molecule has 1 aromatic rings.